The minimum Gasteiger partial charge on any atom is -0.452 e. The molecule has 2 aromatic rings. The van der Waals surface area contributed by atoms with Gasteiger partial charge in [0.05, 0.1) is 5.56 Å². The molecular weight excluding hydrogens is 314 g/mol. The van der Waals surface area contributed by atoms with Gasteiger partial charge in [-0.1, -0.05) is 23.8 Å². The molecule has 1 amide bonds. The van der Waals surface area contributed by atoms with Crippen LogP contribution in [0.1, 0.15) is 44.6 Å². The van der Waals surface area contributed by atoms with Gasteiger partial charge in [-0.2, -0.15) is 0 Å². The number of esters is 1. The minimum atomic E-state index is -0.456. The maximum absolute atomic E-state index is 12.2. The van der Waals surface area contributed by atoms with Gasteiger partial charge >= 0.3 is 5.97 Å². The highest BCUT2D eigenvalue weighted by molar-refractivity contribution is 5.96. The fourth-order valence-electron chi connectivity index (χ4n) is 3.47. The number of fused-ring (bicyclic) bond motifs is 1. The number of ether oxygens (including phenoxy) is 1. The van der Waals surface area contributed by atoms with Crippen molar-refractivity contribution in [3.63, 3.8) is 0 Å². The lowest BCUT2D eigenvalue weighted by Crippen LogP contribution is -2.22. The number of rotatable bonds is 4. The van der Waals surface area contributed by atoms with Crippen LogP contribution in [0.4, 0.5) is 5.69 Å². The predicted octanol–water partition coefficient (Wildman–Crippen LogP) is 3.90. The number of benzene rings is 2. The number of aryl methyl sites for hydroxylation is 5. The number of carbonyl (C=O) groups excluding carboxylic acids is 2. The van der Waals surface area contributed by atoms with Gasteiger partial charge in [0, 0.05) is 5.69 Å². The maximum Gasteiger partial charge on any atom is 0.338 e. The number of hydrogen-bond donors (Lipinski definition) is 1. The molecule has 0 saturated heterocycles. The minimum absolute atomic E-state index is 0.289. The fraction of sp³-hybridized carbons (Fsp3) is 0.333. The molecule has 1 aliphatic carbocycles. The van der Waals surface area contributed by atoms with Crippen LogP contribution in [0.2, 0.25) is 0 Å². The Labute approximate surface area is 148 Å². The zero-order chi connectivity index (χ0) is 18.0. The molecule has 4 heteroatoms. The summed E-state index contributed by atoms with van der Waals surface area (Å²) in [6.45, 7) is 5.63. The van der Waals surface area contributed by atoms with Crippen LogP contribution in [-0.4, -0.2) is 18.5 Å². The highest BCUT2D eigenvalue weighted by Gasteiger charge is 2.16. The van der Waals surface area contributed by atoms with Gasteiger partial charge in [-0.3, -0.25) is 4.79 Å². The van der Waals surface area contributed by atoms with Crippen molar-refractivity contribution in [1.29, 1.82) is 0 Å². The normalized spacial score (nSPS) is 12.6. The second-order valence-electron chi connectivity index (χ2n) is 6.74. The van der Waals surface area contributed by atoms with Crippen LogP contribution in [0, 0.1) is 20.8 Å². The molecule has 0 bridgehead atoms. The first-order valence-corrected chi connectivity index (χ1v) is 8.60. The van der Waals surface area contributed by atoms with Crippen LogP contribution in [0.5, 0.6) is 0 Å². The van der Waals surface area contributed by atoms with Gasteiger partial charge in [0.25, 0.3) is 5.91 Å². The third-order valence-electron chi connectivity index (χ3n) is 4.61. The summed E-state index contributed by atoms with van der Waals surface area (Å²) >= 11 is 0. The SMILES string of the molecule is Cc1cc(C)c(NC(=O)COC(=O)c2ccc3c(c2)CCC3)c(C)c1. The summed E-state index contributed by atoms with van der Waals surface area (Å²) < 4.78 is 5.17. The van der Waals surface area contributed by atoms with Gasteiger partial charge in [0.15, 0.2) is 6.61 Å². The monoisotopic (exact) mass is 337 g/mol. The molecule has 0 aromatic heterocycles. The lowest BCUT2D eigenvalue weighted by atomic mass is 10.1. The Kier molecular flexibility index (Phi) is 4.88. The van der Waals surface area contributed by atoms with Crippen molar-refractivity contribution in [1.82, 2.24) is 0 Å². The summed E-state index contributed by atoms with van der Waals surface area (Å²) in [6.07, 6.45) is 3.21. The van der Waals surface area contributed by atoms with Crippen molar-refractivity contribution in [2.45, 2.75) is 40.0 Å². The van der Waals surface area contributed by atoms with E-state index in [1.165, 1.54) is 11.1 Å². The van der Waals surface area contributed by atoms with Crippen molar-refractivity contribution in [3.05, 3.63) is 63.7 Å². The van der Waals surface area contributed by atoms with Gasteiger partial charge in [-0.05, 0) is 74.4 Å². The maximum atomic E-state index is 12.2. The van der Waals surface area contributed by atoms with E-state index in [2.05, 4.69) is 5.32 Å². The predicted molar refractivity (Wildman–Crippen MR) is 98.0 cm³/mol. The van der Waals surface area contributed by atoms with E-state index in [1.54, 1.807) is 6.07 Å². The highest BCUT2D eigenvalue weighted by atomic mass is 16.5. The average Bonchev–Trinajstić information content (AvgIpc) is 3.03. The molecule has 3 rings (SSSR count). The molecule has 25 heavy (non-hydrogen) atoms. The Morgan fingerprint density at radius 3 is 2.40 bits per heavy atom. The van der Waals surface area contributed by atoms with Crippen molar-refractivity contribution in [2.24, 2.45) is 0 Å². The molecule has 0 fully saturated rings. The Morgan fingerprint density at radius 1 is 1.00 bits per heavy atom. The van der Waals surface area contributed by atoms with Crippen molar-refractivity contribution in [2.75, 3.05) is 11.9 Å². The lowest BCUT2D eigenvalue weighted by Gasteiger charge is -2.13. The van der Waals surface area contributed by atoms with Crippen LogP contribution >= 0.6 is 0 Å². The summed E-state index contributed by atoms with van der Waals surface area (Å²) in [5.74, 6) is -0.785. The molecule has 1 aliphatic rings. The zero-order valence-electron chi connectivity index (χ0n) is 14.9. The van der Waals surface area contributed by atoms with Crippen LogP contribution in [0.25, 0.3) is 0 Å². The first kappa shape index (κ1) is 17.2. The molecule has 0 saturated carbocycles. The lowest BCUT2D eigenvalue weighted by molar-refractivity contribution is -0.119. The van der Waals surface area contributed by atoms with Crippen LogP contribution < -0.4 is 5.32 Å². The molecular formula is C21H23NO3. The van der Waals surface area contributed by atoms with E-state index >= 15 is 0 Å². The Bertz CT molecular complexity index is 816. The van der Waals surface area contributed by atoms with Crippen molar-refractivity contribution in [3.8, 4) is 0 Å². The van der Waals surface area contributed by atoms with E-state index in [-0.39, 0.29) is 12.5 Å². The molecule has 0 radical (unpaired) electrons. The smallest absolute Gasteiger partial charge is 0.338 e. The van der Waals surface area contributed by atoms with Crippen molar-refractivity contribution < 1.29 is 14.3 Å². The average molecular weight is 337 g/mol. The molecule has 4 nitrogen and oxygen atoms in total. The molecule has 1 N–H and O–H groups in total. The number of amides is 1. The van der Waals surface area contributed by atoms with E-state index in [1.807, 2.05) is 45.0 Å². The molecule has 0 aliphatic heterocycles. The second kappa shape index (κ2) is 7.09. The van der Waals surface area contributed by atoms with Crippen LogP contribution in [-0.2, 0) is 22.4 Å². The number of anilines is 1. The summed E-state index contributed by atoms with van der Waals surface area (Å²) in [5.41, 5.74) is 6.95. The van der Waals surface area contributed by atoms with E-state index in [4.69, 9.17) is 4.74 Å². The summed E-state index contributed by atoms with van der Waals surface area (Å²) in [5, 5.41) is 2.84. The molecule has 0 atom stereocenters. The zero-order valence-corrected chi connectivity index (χ0v) is 14.9. The van der Waals surface area contributed by atoms with E-state index < -0.39 is 5.97 Å². The van der Waals surface area contributed by atoms with Gasteiger partial charge in [0.1, 0.15) is 0 Å². The van der Waals surface area contributed by atoms with E-state index in [0.29, 0.717) is 5.56 Å². The van der Waals surface area contributed by atoms with E-state index in [9.17, 15) is 9.59 Å². The van der Waals surface area contributed by atoms with Crippen molar-refractivity contribution >= 4 is 17.6 Å². The number of nitrogens with one attached hydrogen (secondary N) is 1. The summed E-state index contributed by atoms with van der Waals surface area (Å²) in [7, 11) is 0. The molecule has 0 unspecified atom stereocenters. The molecule has 0 spiro atoms. The largest absolute Gasteiger partial charge is 0.452 e. The molecule has 0 heterocycles. The number of carbonyl (C=O) groups is 2. The van der Waals surface area contributed by atoms with Gasteiger partial charge in [-0.15, -0.1) is 0 Å². The quantitative estimate of drug-likeness (QED) is 0.861. The van der Waals surface area contributed by atoms with Crippen LogP contribution in [0.15, 0.2) is 30.3 Å². The Hall–Kier alpha value is -2.62. The van der Waals surface area contributed by atoms with Crippen LogP contribution in [0.3, 0.4) is 0 Å². The van der Waals surface area contributed by atoms with Gasteiger partial charge in [0.2, 0.25) is 0 Å². The third kappa shape index (κ3) is 3.90. The third-order valence-corrected chi connectivity index (χ3v) is 4.61. The Morgan fingerprint density at radius 2 is 1.68 bits per heavy atom. The van der Waals surface area contributed by atoms with Gasteiger partial charge in [-0.25, -0.2) is 4.79 Å². The second-order valence-corrected chi connectivity index (χ2v) is 6.74. The number of hydrogen-bond acceptors (Lipinski definition) is 3. The topological polar surface area (TPSA) is 55.4 Å². The first-order chi connectivity index (χ1) is 11.9. The summed E-state index contributed by atoms with van der Waals surface area (Å²) in [4.78, 5) is 24.3. The highest BCUT2D eigenvalue weighted by Crippen LogP contribution is 2.23. The molecule has 2 aromatic carbocycles. The van der Waals surface area contributed by atoms with E-state index in [0.717, 1.165) is 41.6 Å². The molecule has 130 valence electrons. The Balaban J connectivity index is 1.60. The first-order valence-electron chi connectivity index (χ1n) is 8.60. The standard InChI is InChI=1S/C21H23NO3/c1-13-9-14(2)20(15(3)10-13)22-19(23)12-25-21(24)18-8-7-16-5-4-6-17(16)11-18/h7-11H,4-6,12H2,1-3H3,(H,22,23). The fourth-order valence-corrected chi connectivity index (χ4v) is 3.47. The van der Waals surface area contributed by atoms with Gasteiger partial charge < -0.3 is 10.1 Å². The summed E-state index contributed by atoms with van der Waals surface area (Å²) in [6, 6.07) is 9.67.